The molecule has 2 aromatic carbocycles. The van der Waals surface area contributed by atoms with Gasteiger partial charge in [0.2, 0.25) is 0 Å². The fraction of sp³-hybridized carbons (Fsp3) is 0.366. The highest BCUT2D eigenvalue weighted by molar-refractivity contribution is 6.15. The Morgan fingerprint density at radius 2 is 1.36 bits per heavy atom. The van der Waals surface area contributed by atoms with Crippen molar-refractivity contribution in [2.24, 2.45) is 20.8 Å². The molecule has 2 aromatic heterocycles. The minimum absolute atomic E-state index is 0.121. The second-order valence-corrected chi connectivity index (χ2v) is 15.0. The number of hydrogen-bond acceptors (Lipinski definition) is 4. The van der Waals surface area contributed by atoms with Crippen molar-refractivity contribution in [3.63, 3.8) is 0 Å². The van der Waals surface area contributed by atoms with Gasteiger partial charge in [0.25, 0.3) is 0 Å². The molecule has 0 amide bonds. The smallest absolute Gasteiger partial charge is 0.182 e. The van der Waals surface area contributed by atoms with E-state index in [0.717, 1.165) is 63.2 Å². The summed E-state index contributed by atoms with van der Waals surface area (Å²) in [5.41, 5.74) is 11.4. The van der Waals surface area contributed by atoms with E-state index in [-0.39, 0.29) is 10.8 Å². The lowest BCUT2D eigenvalue weighted by Crippen LogP contribution is -2.45. The van der Waals surface area contributed by atoms with Gasteiger partial charge in [-0.05, 0) is 61.8 Å². The number of benzene rings is 2. The topological polar surface area (TPSA) is 74.8 Å². The van der Waals surface area contributed by atoms with Crippen LogP contribution in [0.25, 0.3) is 40.5 Å². The van der Waals surface area contributed by atoms with Crippen LogP contribution in [0.1, 0.15) is 63.1 Å². The van der Waals surface area contributed by atoms with Gasteiger partial charge in [0.15, 0.2) is 6.29 Å². The summed E-state index contributed by atoms with van der Waals surface area (Å²) in [6.45, 7) is 13.4. The second kappa shape index (κ2) is 11.5. The fourth-order valence-electron chi connectivity index (χ4n) is 7.72. The first-order valence-corrected chi connectivity index (χ1v) is 16.6. The maximum absolute atomic E-state index is 6.04. The minimum Gasteiger partial charge on any atom is -0.358 e. The molecule has 3 aliphatic rings. The van der Waals surface area contributed by atoms with Crippen molar-refractivity contribution in [1.29, 1.82) is 0 Å². The number of rotatable bonds is 5. The van der Waals surface area contributed by atoms with Crippen molar-refractivity contribution in [3.8, 4) is 22.3 Å². The standard InChI is InChI=1S/C41H46N4O2/c1-25-9-13-27(14-10-25)32-18-29-17-30-22-39(3,4)36(44-30)20-34-33(28-15-11-26(2)12-16-28)19-31(43-34)23-41(38(46-7)47-8)24-40(5,6)37(45-41)21-35(32)42-29/h9-21,38,42-43H,22-24H2,1-8H3/b29-17-,35-21-,36-20-. The average molecular weight is 627 g/mol. The number of aryl methyl sites for hydroxylation is 2. The third kappa shape index (κ3) is 5.79. The molecule has 2 N–H and O–H groups in total. The Hall–Kier alpha value is -4.26. The number of aromatic amines is 2. The SMILES string of the molecule is COC(OC)C12Cc3cc(-c4ccc(C)cc4)c([nH]3)/C=C3N=C(/C=c4/cc(-c5ccc(C)cc5)/c([nH]4)=C/C(=N1)C(C)(C)C2)CC\3(C)C. The van der Waals surface area contributed by atoms with Gasteiger partial charge in [-0.15, -0.1) is 0 Å². The number of nitrogens with zero attached hydrogens (tertiary/aromatic N) is 2. The summed E-state index contributed by atoms with van der Waals surface area (Å²) >= 11 is 0. The number of aliphatic imine (C=N–C) groups is 2. The minimum atomic E-state index is -0.640. The Morgan fingerprint density at radius 1 is 0.723 bits per heavy atom. The Bertz CT molecular complexity index is 2050. The number of H-pyrrole nitrogens is 2. The third-order valence-electron chi connectivity index (χ3n) is 10.1. The van der Waals surface area contributed by atoms with Crippen LogP contribution in [0, 0.1) is 24.7 Å². The normalized spacial score (nSPS) is 23.7. The van der Waals surface area contributed by atoms with Crippen LogP contribution in [-0.4, -0.2) is 47.4 Å². The number of fused-ring (bicyclic) bond motifs is 6. The van der Waals surface area contributed by atoms with Gasteiger partial charge in [-0.25, -0.2) is 0 Å². The summed E-state index contributed by atoms with van der Waals surface area (Å²) in [5.74, 6) is 0. The molecule has 47 heavy (non-hydrogen) atoms. The highest BCUT2D eigenvalue weighted by atomic mass is 16.7. The molecular weight excluding hydrogens is 580 g/mol. The number of ether oxygens (including phenoxy) is 2. The van der Waals surface area contributed by atoms with Crippen LogP contribution in [0.15, 0.2) is 76.3 Å². The quantitative estimate of drug-likeness (QED) is 0.225. The summed E-state index contributed by atoms with van der Waals surface area (Å²) in [7, 11) is 3.43. The number of nitrogens with one attached hydrogen (secondary N) is 2. The Labute approximate surface area is 278 Å². The van der Waals surface area contributed by atoms with Crippen LogP contribution in [0.2, 0.25) is 0 Å². The van der Waals surface area contributed by atoms with Crippen molar-refractivity contribution in [3.05, 3.63) is 99.6 Å². The van der Waals surface area contributed by atoms with E-state index in [0.29, 0.717) is 6.42 Å². The molecule has 0 radical (unpaired) electrons. The zero-order chi connectivity index (χ0) is 33.1. The Morgan fingerprint density at radius 3 is 2.00 bits per heavy atom. The van der Waals surface area contributed by atoms with Gasteiger partial charge in [-0.1, -0.05) is 87.4 Å². The van der Waals surface area contributed by atoms with Gasteiger partial charge in [0.05, 0.1) is 0 Å². The van der Waals surface area contributed by atoms with Crippen molar-refractivity contribution >= 4 is 29.7 Å². The molecule has 0 saturated heterocycles. The van der Waals surface area contributed by atoms with Crippen LogP contribution >= 0.6 is 0 Å². The molecule has 3 aliphatic heterocycles. The maximum atomic E-state index is 6.04. The molecule has 242 valence electrons. The molecule has 5 heterocycles. The Balaban J connectivity index is 1.51. The van der Waals surface area contributed by atoms with Crippen LogP contribution < -0.4 is 10.7 Å². The zero-order valence-electron chi connectivity index (χ0n) is 28.9. The predicted molar refractivity (Wildman–Crippen MR) is 194 cm³/mol. The number of methoxy groups -OCH3 is 2. The molecule has 1 atom stereocenters. The van der Waals surface area contributed by atoms with Crippen LogP contribution in [0.3, 0.4) is 0 Å². The number of hydrogen-bond donors (Lipinski definition) is 2. The summed E-state index contributed by atoms with van der Waals surface area (Å²) in [4.78, 5) is 18.4. The summed E-state index contributed by atoms with van der Waals surface area (Å²) in [6.07, 6.45) is 8.44. The first kappa shape index (κ1) is 31.3. The van der Waals surface area contributed by atoms with E-state index in [1.54, 1.807) is 14.2 Å². The van der Waals surface area contributed by atoms with Crippen molar-refractivity contribution in [1.82, 2.24) is 9.97 Å². The lowest BCUT2D eigenvalue weighted by Gasteiger charge is -2.34. The maximum Gasteiger partial charge on any atom is 0.182 e. The van der Waals surface area contributed by atoms with Crippen molar-refractivity contribution in [2.75, 3.05) is 14.2 Å². The van der Waals surface area contributed by atoms with E-state index in [2.05, 4.69) is 130 Å². The molecule has 7 rings (SSSR count). The van der Waals surface area contributed by atoms with E-state index >= 15 is 0 Å². The van der Waals surface area contributed by atoms with Gasteiger partial charge in [-0.2, -0.15) is 0 Å². The summed E-state index contributed by atoms with van der Waals surface area (Å²) in [6, 6.07) is 22.0. The molecule has 0 aliphatic carbocycles. The van der Waals surface area contributed by atoms with E-state index in [9.17, 15) is 0 Å². The van der Waals surface area contributed by atoms with Gasteiger partial charge in [0.1, 0.15) is 5.54 Å². The first-order chi connectivity index (χ1) is 22.4. The van der Waals surface area contributed by atoms with Gasteiger partial charge >= 0.3 is 0 Å². The average Bonchev–Trinajstić information content (AvgIpc) is 3.73. The molecule has 6 heteroatoms. The fourth-order valence-corrected chi connectivity index (χ4v) is 7.72. The highest BCUT2D eigenvalue weighted by Gasteiger charge is 2.50. The van der Waals surface area contributed by atoms with Crippen molar-refractivity contribution < 1.29 is 9.47 Å². The van der Waals surface area contributed by atoms with Crippen LogP contribution in [0.4, 0.5) is 0 Å². The monoisotopic (exact) mass is 626 g/mol. The predicted octanol–water partition coefficient (Wildman–Crippen LogP) is 7.55. The van der Waals surface area contributed by atoms with E-state index in [1.165, 1.54) is 22.3 Å². The summed E-state index contributed by atoms with van der Waals surface area (Å²) < 4.78 is 12.1. The van der Waals surface area contributed by atoms with Crippen LogP contribution in [0.5, 0.6) is 0 Å². The number of aromatic nitrogens is 2. The molecule has 1 unspecified atom stereocenters. The van der Waals surface area contributed by atoms with Gasteiger partial charge < -0.3 is 19.4 Å². The van der Waals surface area contributed by atoms with E-state index in [1.807, 2.05) is 0 Å². The lowest BCUT2D eigenvalue weighted by molar-refractivity contribution is -0.148. The van der Waals surface area contributed by atoms with E-state index < -0.39 is 11.8 Å². The number of allylic oxidation sites excluding steroid dienone is 1. The van der Waals surface area contributed by atoms with E-state index in [4.69, 9.17) is 19.5 Å². The largest absolute Gasteiger partial charge is 0.358 e. The molecule has 8 bridgehead atoms. The molecule has 4 aromatic rings. The second-order valence-electron chi connectivity index (χ2n) is 15.0. The Kier molecular flexibility index (Phi) is 7.64. The van der Waals surface area contributed by atoms with Crippen LogP contribution in [-0.2, 0) is 15.9 Å². The van der Waals surface area contributed by atoms with Crippen molar-refractivity contribution in [2.45, 2.75) is 72.6 Å². The molecule has 0 spiro atoms. The lowest BCUT2D eigenvalue weighted by atomic mass is 9.77. The van der Waals surface area contributed by atoms with Gasteiger partial charge in [0, 0.05) is 88.2 Å². The third-order valence-corrected chi connectivity index (χ3v) is 10.1. The zero-order valence-corrected chi connectivity index (χ0v) is 28.9. The van der Waals surface area contributed by atoms with Gasteiger partial charge in [-0.3, -0.25) is 9.98 Å². The highest BCUT2D eigenvalue weighted by Crippen LogP contribution is 2.46. The molecular formula is C41H46N4O2. The molecule has 0 fully saturated rings. The summed E-state index contributed by atoms with van der Waals surface area (Å²) in [5, 5.41) is 2.07. The molecule has 0 saturated carbocycles. The first-order valence-electron chi connectivity index (χ1n) is 16.6. The molecule has 6 nitrogen and oxygen atoms in total.